The van der Waals surface area contributed by atoms with Crippen molar-refractivity contribution in [2.45, 2.75) is 106 Å². The summed E-state index contributed by atoms with van der Waals surface area (Å²) in [4.78, 5) is 0. The smallest absolute Gasteiger partial charge is 0.160 e. The number of aliphatic hydroxyl groups excluding tert-OH is 1. The van der Waals surface area contributed by atoms with Crippen LogP contribution in [0.3, 0.4) is 0 Å². The molecule has 0 aromatic heterocycles. The van der Waals surface area contributed by atoms with Crippen molar-refractivity contribution in [3.05, 3.63) is 13.8 Å². The van der Waals surface area contributed by atoms with Crippen LogP contribution < -0.4 is 0 Å². The summed E-state index contributed by atoms with van der Waals surface area (Å²) in [5, 5.41) is 9.10. The Bertz CT molecular complexity index is 575. The quantitative estimate of drug-likeness (QED) is 0.359. The normalized spacial score (nSPS) is 46.7. The average molecular weight is 882 g/mol. The third kappa shape index (κ3) is 10.8. The molecule has 1 N–H and O–H groups in total. The van der Waals surface area contributed by atoms with E-state index in [1.807, 2.05) is 0 Å². The molecule has 0 aliphatic carbocycles. The van der Waals surface area contributed by atoms with E-state index in [1.54, 1.807) is 14.2 Å². The van der Waals surface area contributed by atoms with E-state index in [0.29, 0.717) is 53.4 Å². The third-order valence-electron chi connectivity index (χ3n) is 9.99. The molecule has 0 saturated carbocycles. The Hall–Kier alpha value is 1.14. The second-order valence-electron chi connectivity index (χ2n) is 11.9. The van der Waals surface area contributed by atoms with Crippen molar-refractivity contribution >= 4 is 0 Å². The summed E-state index contributed by atoms with van der Waals surface area (Å²) in [6.45, 7) is 30.0. The van der Waals surface area contributed by atoms with Crippen LogP contribution in [0.15, 0.2) is 0 Å². The Balaban J connectivity index is 0. The number of ether oxygens (including phenoxy) is 5. The first kappa shape index (κ1) is 41.3. The van der Waals surface area contributed by atoms with Crippen LogP contribution in [0.4, 0.5) is 0 Å². The SMILES string of the molecule is CO[C@H]1OC(CO)[C@H](C)C(C)[C@@H]1C.[CH2-]C1OC(C)[C@@H](C)C(C)[C@H]1C.[CH2-]C1O[C@H](OC)[C@@H](C)C(C)[C@H]1C.[W].[W]. The van der Waals surface area contributed by atoms with Gasteiger partial charge < -0.3 is 42.6 Å². The summed E-state index contributed by atoms with van der Waals surface area (Å²) >= 11 is 0. The van der Waals surface area contributed by atoms with Gasteiger partial charge in [0.15, 0.2) is 12.6 Å². The van der Waals surface area contributed by atoms with Crippen LogP contribution in [-0.4, -0.2) is 62.9 Å². The predicted molar refractivity (Wildman–Crippen MR) is 146 cm³/mol. The number of hydrogen-bond acceptors (Lipinski definition) is 6. The van der Waals surface area contributed by atoms with Crippen LogP contribution in [0.2, 0.25) is 0 Å². The van der Waals surface area contributed by atoms with E-state index in [-0.39, 0.29) is 79.6 Å². The summed E-state index contributed by atoms with van der Waals surface area (Å²) < 4.78 is 27.3. The fraction of sp³-hybridized carbons (Fsp3) is 0.933. The van der Waals surface area contributed by atoms with E-state index in [2.05, 4.69) is 83.1 Å². The monoisotopic (exact) mass is 882 g/mol. The maximum Gasteiger partial charge on any atom is 0.160 e. The first-order valence-electron chi connectivity index (χ1n) is 14.0. The van der Waals surface area contributed by atoms with Gasteiger partial charge in [0.2, 0.25) is 0 Å². The molecule has 3 heterocycles. The minimum Gasteiger partial charge on any atom is -0.407 e. The zero-order valence-electron chi connectivity index (χ0n) is 26.1. The largest absolute Gasteiger partial charge is 0.407 e. The molecule has 3 fully saturated rings. The molecule has 3 aliphatic rings. The van der Waals surface area contributed by atoms with Gasteiger partial charge in [0.25, 0.3) is 0 Å². The van der Waals surface area contributed by atoms with Crippen LogP contribution in [0, 0.1) is 67.1 Å². The van der Waals surface area contributed by atoms with Gasteiger partial charge in [-0.25, -0.2) is 0 Å². The molecule has 0 aromatic carbocycles. The second-order valence-corrected chi connectivity index (χ2v) is 11.9. The zero-order valence-corrected chi connectivity index (χ0v) is 32.0. The van der Waals surface area contributed by atoms with Gasteiger partial charge in [-0.15, -0.1) is 0 Å². The van der Waals surface area contributed by atoms with E-state index in [9.17, 15) is 0 Å². The number of aliphatic hydroxyl groups is 1. The Kier molecular flexibility index (Phi) is 21.0. The fourth-order valence-electron chi connectivity index (χ4n) is 5.49. The molecule has 3 aliphatic heterocycles. The van der Waals surface area contributed by atoms with Crippen molar-refractivity contribution in [3.8, 4) is 0 Å². The van der Waals surface area contributed by atoms with Gasteiger partial charge in [-0.2, -0.15) is 0 Å². The van der Waals surface area contributed by atoms with Gasteiger partial charge in [0.1, 0.15) is 0 Å². The molecule has 3 saturated heterocycles. The Morgan fingerprint density at radius 1 is 0.526 bits per heavy atom. The summed E-state index contributed by atoms with van der Waals surface area (Å²) in [5.41, 5.74) is 0. The molecule has 7 unspecified atom stereocenters. The molecule has 15 atom stereocenters. The molecule has 0 aromatic rings. The van der Waals surface area contributed by atoms with Crippen molar-refractivity contribution in [2.24, 2.45) is 53.3 Å². The van der Waals surface area contributed by atoms with Crippen molar-refractivity contribution in [1.82, 2.24) is 0 Å². The maximum atomic E-state index is 9.10. The molecule has 0 spiro atoms. The molecule has 228 valence electrons. The van der Waals surface area contributed by atoms with Crippen LogP contribution in [0.1, 0.15) is 69.2 Å². The van der Waals surface area contributed by atoms with Crippen LogP contribution >= 0.6 is 0 Å². The number of hydrogen-bond donors (Lipinski definition) is 1. The minimum atomic E-state index is -0.164. The number of methoxy groups -OCH3 is 2. The maximum absolute atomic E-state index is 9.10. The van der Waals surface area contributed by atoms with Crippen molar-refractivity contribution in [3.63, 3.8) is 0 Å². The molecule has 8 heteroatoms. The number of rotatable bonds is 3. The Morgan fingerprint density at radius 2 is 0.895 bits per heavy atom. The summed E-state index contributed by atoms with van der Waals surface area (Å²) in [6.07, 6.45) is 0.333. The first-order chi connectivity index (χ1) is 16.7. The van der Waals surface area contributed by atoms with Crippen LogP contribution in [-0.2, 0) is 65.8 Å². The minimum absolute atomic E-state index is 0. The molecular weight excluding hydrogens is 824 g/mol. The average Bonchev–Trinajstić information content (AvgIpc) is 2.86. The molecule has 0 bridgehead atoms. The fourth-order valence-corrected chi connectivity index (χ4v) is 5.49. The van der Waals surface area contributed by atoms with E-state index < -0.39 is 0 Å². The molecule has 38 heavy (non-hydrogen) atoms. The molecule has 6 nitrogen and oxygen atoms in total. The van der Waals surface area contributed by atoms with E-state index in [1.165, 1.54) is 0 Å². The molecular formula is C30H58O6W2-2. The topological polar surface area (TPSA) is 66.4 Å². The van der Waals surface area contributed by atoms with Gasteiger partial charge in [-0.1, -0.05) is 74.5 Å². The zero-order chi connectivity index (χ0) is 27.9. The van der Waals surface area contributed by atoms with Crippen LogP contribution in [0.5, 0.6) is 0 Å². The second kappa shape index (κ2) is 19.3. The van der Waals surface area contributed by atoms with E-state index in [4.69, 9.17) is 28.8 Å². The van der Waals surface area contributed by atoms with Gasteiger partial charge in [-0.3, -0.25) is 0 Å². The summed E-state index contributed by atoms with van der Waals surface area (Å²) in [5.74, 6) is 4.91. The van der Waals surface area contributed by atoms with E-state index in [0.717, 1.165) is 5.92 Å². The summed E-state index contributed by atoms with van der Waals surface area (Å²) in [7, 11) is 3.34. The molecule has 3 rings (SSSR count). The van der Waals surface area contributed by atoms with Gasteiger partial charge >= 0.3 is 0 Å². The first-order valence-corrected chi connectivity index (χ1v) is 14.0. The standard InChI is InChI=1S/C10H20O3.C10H19O2.C10H19O.2W/c1-6-7(2)9(5-11)13-10(12-4)8(6)3;1-6-7(2)9(4)12-10(11-5)8(6)3;1-6-7(2)9(4)11-10(5)8(6)3;;/h6-11H,5H2,1-4H3;6-10H,4H2,1-3,5H3;6-10H,4H2,1-3,5H3;;/q;2*-1;;/t2*6?,7-,8+,9?,10+;6?,7-,8+,9?,10?;;/m111../s1. The van der Waals surface area contributed by atoms with Crippen LogP contribution in [0.25, 0.3) is 0 Å². The molecule has 0 radical (unpaired) electrons. The van der Waals surface area contributed by atoms with Crippen molar-refractivity contribution < 1.29 is 70.9 Å². The van der Waals surface area contributed by atoms with E-state index >= 15 is 0 Å². The predicted octanol–water partition coefficient (Wildman–Crippen LogP) is 5.87. The molecule has 0 amide bonds. The Morgan fingerprint density at radius 3 is 1.32 bits per heavy atom. The van der Waals surface area contributed by atoms with Gasteiger partial charge in [0, 0.05) is 68.2 Å². The van der Waals surface area contributed by atoms with Gasteiger partial charge in [0.05, 0.1) is 18.8 Å². The third-order valence-corrected chi connectivity index (χ3v) is 9.99. The summed E-state index contributed by atoms with van der Waals surface area (Å²) in [6, 6.07) is 0. The van der Waals surface area contributed by atoms with Gasteiger partial charge in [-0.05, 0) is 48.3 Å². The Labute approximate surface area is 263 Å². The van der Waals surface area contributed by atoms with Crippen molar-refractivity contribution in [1.29, 1.82) is 0 Å². The van der Waals surface area contributed by atoms with Crippen molar-refractivity contribution in [2.75, 3.05) is 20.8 Å².